The third-order valence-corrected chi connectivity index (χ3v) is 5.30. The van der Waals surface area contributed by atoms with Crippen LogP contribution in [0.25, 0.3) is 0 Å². The Morgan fingerprint density at radius 3 is 2.36 bits per heavy atom. The fourth-order valence-electron chi connectivity index (χ4n) is 3.35. The zero-order valence-electron chi connectivity index (χ0n) is 15.1. The van der Waals surface area contributed by atoms with Gasteiger partial charge in [0.25, 0.3) is 0 Å². The summed E-state index contributed by atoms with van der Waals surface area (Å²) in [4.78, 5) is 23.9. The number of amides is 1. The van der Waals surface area contributed by atoms with Gasteiger partial charge in [-0.1, -0.05) is 35.3 Å². The summed E-state index contributed by atoms with van der Waals surface area (Å²) in [5, 5.41) is 9.92. The fourth-order valence-corrected chi connectivity index (χ4v) is 3.92. The summed E-state index contributed by atoms with van der Waals surface area (Å²) >= 11 is 12.0. The number of nitrogens with one attached hydrogen (secondary N) is 1. The highest BCUT2D eigenvalue weighted by Gasteiger charge is 2.64. The van der Waals surface area contributed by atoms with Gasteiger partial charge in [-0.2, -0.15) is 0 Å². The van der Waals surface area contributed by atoms with Crippen LogP contribution in [0.4, 0.5) is 0 Å². The average Bonchev–Trinajstić information content (AvgIpc) is 3.40. The molecule has 2 N–H and O–H groups in total. The molecule has 0 aliphatic heterocycles. The number of carbonyl (C=O) groups excluding carboxylic acids is 2. The molecule has 1 aliphatic carbocycles. The summed E-state index contributed by atoms with van der Waals surface area (Å²) in [5.74, 6) is -0.995. The molecule has 6 nitrogen and oxygen atoms in total. The number of hydrogen-bond acceptors (Lipinski definition) is 5. The van der Waals surface area contributed by atoms with Crippen LogP contribution >= 0.6 is 23.2 Å². The van der Waals surface area contributed by atoms with E-state index in [1.807, 2.05) is 12.1 Å². The fraction of sp³-hybridized carbons (Fsp3) is 0.300. The first-order valence-electron chi connectivity index (χ1n) is 8.57. The molecule has 2 atom stereocenters. The van der Waals surface area contributed by atoms with E-state index in [0.29, 0.717) is 35.2 Å². The van der Waals surface area contributed by atoms with Crippen molar-refractivity contribution >= 4 is 35.1 Å². The Kier molecular flexibility index (Phi) is 6.13. The quantitative estimate of drug-likeness (QED) is 0.401. The van der Waals surface area contributed by atoms with Crippen LogP contribution in [0, 0.1) is 11.3 Å². The van der Waals surface area contributed by atoms with Gasteiger partial charge in [0.15, 0.2) is 0 Å². The van der Waals surface area contributed by atoms with Gasteiger partial charge in [0.2, 0.25) is 5.91 Å². The van der Waals surface area contributed by atoms with Crippen LogP contribution in [0.1, 0.15) is 17.5 Å². The molecule has 1 saturated carbocycles. The number of methoxy groups -OCH3 is 1. The normalized spacial score (nSPS) is 20.4. The number of hydroxylamine groups is 1. The minimum absolute atomic E-state index is 0.310. The van der Waals surface area contributed by atoms with Crippen molar-refractivity contribution in [3.63, 3.8) is 0 Å². The molecule has 1 aliphatic rings. The van der Waals surface area contributed by atoms with Crippen LogP contribution in [0.2, 0.25) is 10.0 Å². The third-order valence-electron chi connectivity index (χ3n) is 4.86. The Labute approximate surface area is 172 Å². The Morgan fingerprint density at radius 2 is 1.79 bits per heavy atom. The average molecular weight is 424 g/mol. The zero-order chi connectivity index (χ0) is 20.3. The SMILES string of the molecule is COC(=O)C1(Cc2ccc(OCc3cc(Cl)cc(Cl)c3)cc2)CC1C(=O)NO. The lowest BCUT2D eigenvalue weighted by atomic mass is 9.93. The summed E-state index contributed by atoms with van der Waals surface area (Å²) in [6.45, 7) is 0.310. The Hall–Kier alpha value is -2.28. The lowest BCUT2D eigenvalue weighted by Crippen LogP contribution is -2.30. The minimum Gasteiger partial charge on any atom is -0.489 e. The van der Waals surface area contributed by atoms with Crippen LogP contribution in [-0.4, -0.2) is 24.2 Å². The lowest BCUT2D eigenvalue weighted by Gasteiger charge is -2.15. The maximum atomic E-state index is 12.2. The van der Waals surface area contributed by atoms with Crippen LogP contribution in [0.15, 0.2) is 42.5 Å². The van der Waals surface area contributed by atoms with Crippen LogP contribution in [-0.2, 0) is 27.4 Å². The van der Waals surface area contributed by atoms with E-state index >= 15 is 0 Å². The molecule has 0 spiro atoms. The molecule has 0 aromatic heterocycles. The van der Waals surface area contributed by atoms with Crippen LogP contribution in [0.3, 0.4) is 0 Å². The number of esters is 1. The predicted octanol–water partition coefficient (Wildman–Crippen LogP) is 3.80. The van der Waals surface area contributed by atoms with Gasteiger partial charge in [0.05, 0.1) is 18.4 Å². The zero-order valence-corrected chi connectivity index (χ0v) is 16.6. The highest BCUT2D eigenvalue weighted by atomic mass is 35.5. The van der Waals surface area contributed by atoms with Crippen molar-refractivity contribution in [2.24, 2.45) is 11.3 Å². The molecule has 1 fully saturated rings. The Morgan fingerprint density at radius 1 is 1.14 bits per heavy atom. The van der Waals surface area contributed by atoms with E-state index in [2.05, 4.69) is 0 Å². The molecule has 28 heavy (non-hydrogen) atoms. The molecule has 2 aromatic carbocycles. The van der Waals surface area contributed by atoms with E-state index in [1.165, 1.54) is 7.11 Å². The predicted molar refractivity (Wildman–Crippen MR) is 103 cm³/mol. The maximum absolute atomic E-state index is 12.2. The highest BCUT2D eigenvalue weighted by molar-refractivity contribution is 6.34. The third kappa shape index (κ3) is 4.41. The first-order valence-corrected chi connectivity index (χ1v) is 9.32. The molecule has 0 radical (unpaired) electrons. The molecule has 1 amide bonds. The van der Waals surface area contributed by atoms with Gasteiger partial charge in [0, 0.05) is 10.0 Å². The minimum atomic E-state index is -0.943. The second-order valence-corrected chi connectivity index (χ2v) is 7.64. The smallest absolute Gasteiger partial charge is 0.312 e. The molecular weight excluding hydrogens is 405 g/mol. The number of hydrogen-bond donors (Lipinski definition) is 2. The van der Waals surface area contributed by atoms with Gasteiger partial charge in [-0.15, -0.1) is 0 Å². The molecule has 2 aromatic rings. The summed E-state index contributed by atoms with van der Waals surface area (Å²) in [5.41, 5.74) is 2.37. The standard InChI is InChI=1S/C20H19Cl2NO5/c1-27-19(25)20(10-17(20)18(24)23-26)9-12-2-4-16(5-3-12)28-11-13-6-14(21)8-15(22)7-13/h2-8,17,26H,9-11H2,1H3,(H,23,24). The first kappa shape index (κ1) is 20.5. The second-order valence-electron chi connectivity index (χ2n) is 6.77. The number of carbonyl (C=O) groups is 2. The maximum Gasteiger partial charge on any atom is 0.312 e. The number of benzene rings is 2. The molecule has 0 saturated heterocycles. The molecule has 8 heteroatoms. The van der Waals surface area contributed by atoms with Gasteiger partial charge in [0.1, 0.15) is 12.4 Å². The van der Waals surface area contributed by atoms with Crippen LogP contribution < -0.4 is 10.2 Å². The number of halogens is 2. The van der Waals surface area contributed by atoms with Crippen molar-refractivity contribution < 1.29 is 24.3 Å². The summed E-state index contributed by atoms with van der Waals surface area (Å²) in [6, 6.07) is 12.4. The van der Waals surface area contributed by atoms with Crippen molar-refractivity contribution in [2.75, 3.05) is 7.11 Å². The van der Waals surface area contributed by atoms with E-state index in [9.17, 15) is 9.59 Å². The van der Waals surface area contributed by atoms with Gasteiger partial charge >= 0.3 is 5.97 Å². The van der Waals surface area contributed by atoms with E-state index in [0.717, 1.165) is 11.1 Å². The second kappa shape index (κ2) is 8.39. The molecule has 0 heterocycles. The Bertz CT molecular complexity index is 866. The van der Waals surface area contributed by atoms with E-state index in [-0.39, 0.29) is 0 Å². The van der Waals surface area contributed by atoms with E-state index in [1.54, 1.807) is 35.8 Å². The monoisotopic (exact) mass is 423 g/mol. The molecule has 2 unspecified atom stereocenters. The molecular formula is C20H19Cl2NO5. The van der Waals surface area contributed by atoms with Crippen molar-refractivity contribution in [1.29, 1.82) is 0 Å². The van der Waals surface area contributed by atoms with Crippen molar-refractivity contribution in [1.82, 2.24) is 5.48 Å². The molecule has 3 rings (SSSR count). The van der Waals surface area contributed by atoms with Gasteiger partial charge in [-0.05, 0) is 54.3 Å². The molecule has 148 valence electrons. The number of rotatable bonds is 7. The highest BCUT2D eigenvalue weighted by Crippen LogP contribution is 2.55. The van der Waals surface area contributed by atoms with E-state index in [4.69, 9.17) is 37.9 Å². The van der Waals surface area contributed by atoms with Gasteiger partial charge < -0.3 is 9.47 Å². The molecule has 0 bridgehead atoms. The largest absolute Gasteiger partial charge is 0.489 e. The first-order chi connectivity index (χ1) is 13.4. The summed E-state index contributed by atoms with van der Waals surface area (Å²) in [7, 11) is 1.29. The number of ether oxygens (including phenoxy) is 2. The van der Waals surface area contributed by atoms with Crippen molar-refractivity contribution in [3.8, 4) is 5.75 Å². The van der Waals surface area contributed by atoms with E-state index < -0.39 is 23.2 Å². The Balaban J connectivity index is 1.65. The van der Waals surface area contributed by atoms with Crippen molar-refractivity contribution in [3.05, 3.63) is 63.6 Å². The van der Waals surface area contributed by atoms with Crippen LogP contribution in [0.5, 0.6) is 5.75 Å². The summed E-state index contributed by atoms with van der Waals surface area (Å²) < 4.78 is 10.6. The summed E-state index contributed by atoms with van der Waals surface area (Å²) in [6.07, 6.45) is 0.668. The van der Waals surface area contributed by atoms with Gasteiger partial charge in [-0.25, -0.2) is 5.48 Å². The van der Waals surface area contributed by atoms with Crippen molar-refractivity contribution in [2.45, 2.75) is 19.4 Å². The lowest BCUT2D eigenvalue weighted by molar-refractivity contribution is -0.149. The van der Waals surface area contributed by atoms with Gasteiger partial charge in [-0.3, -0.25) is 14.8 Å². The topological polar surface area (TPSA) is 84.9 Å².